The van der Waals surface area contributed by atoms with Gasteiger partial charge in [-0.2, -0.15) is 0 Å². The van der Waals surface area contributed by atoms with Gasteiger partial charge in [0.05, 0.1) is 16.2 Å². The number of aromatic nitrogens is 1. The van der Waals surface area contributed by atoms with Crippen molar-refractivity contribution in [1.29, 1.82) is 0 Å². The fourth-order valence-corrected chi connectivity index (χ4v) is 1.70. The van der Waals surface area contributed by atoms with E-state index < -0.39 is 0 Å². The average Bonchev–Trinajstić information content (AvgIpc) is 2.63. The van der Waals surface area contributed by atoms with E-state index in [1.807, 2.05) is 13.8 Å². The maximum absolute atomic E-state index is 5.37. The van der Waals surface area contributed by atoms with Gasteiger partial charge < -0.3 is 0 Å². The number of nitrogens with one attached hydrogen (secondary N) is 1. The lowest BCUT2D eigenvalue weighted by molar-refractivity contribution is 0.487. The van der Waals surface area contributed by atoms with Crippen LogP contribution >= 0.6 is 11.3 Å². The summed E-state index contributed by atoms with van der Waals surface area (Å²) in [4.78, 5) is 4.45. The van der Waals surface area contributed by atoms with Crippen molar-refractivity contribution in [2.45, 2.75) is 39.3 Å². The number of hydrogen-bond donors (Lipinski definition) is 1. The second-order valence-electron chi connectivity index (χ2n) is 3.71. The van der Waals surface area contributed by atoms with Crippen molar-refractivity contribution in [2.75, 3.05) is 0 Å². The van der Waals surface area contributed by atoms with E-state index in [0.29, 0.717) is 0 Å². The topological polar surface area (TPSA) is 24.9 Å². The quantitative estimate of drug-likeness (QED) is 0.767. The molecule has 1 N–H and O–H groups in total. The molecule has 0 saturated carbocycles. The van der Waals surface area contributed by atoms with Crippen molar-refractivity contribution in [1.82, 2.24) is 10.3 Å². The van der Waals surface area contributed by atoms with Crippen LogP contribution in [0.1, 0.15) is 31.5 Å². The Morgan fingerprint density at radius 2 is 2.36 bits per heavy atom. The van der Waals surface area contributed by atoms with E-state index in [-0.39, 0.29) is 5.54 Å². The van der Waals surface area contributed by atoms with E-state index in [9.17, 15) is 0 Å². The number of rotatable bonds is 4. The molecule has 0 aliphatic heterocycles. The fourth-order valence-electron chi connectivity index (χ4n) is 0.955. The molecular formula is C11H16N2S. The highest BCUT2D eigenvalue weighted by molar-refractivity contribution is 7.09. The molecular weight excluding hydrogens is 192 g/mol. The summed E-state index contributed by atoms with van der Waals surface area (Å²) in [7, 11) is 0. The largest absolute Gasteiger partial charge is 0.296 e. The standard InChI is InChI=1S/C11H16N2S/c1-5-10-13-9(8-14-10)7-12-11(3,4)6-2/h2,8,12H,5,7H2,1,3-4H3. The van der Waals surface area contributed by atoms with E-state index >= 15 is 0 Å². The van der Waals surface area contributed by atoms with Crippen LogP contribution in [0.5, 0.6) is 0 Å². The van der Waals surface area contributed by atoms with Crippen molar-refractivity contribution < 1.29 is 0 Å². The maximum atomic E-state index is 5.37. The molecule has 2 nitrogen and oxygen atoms in total. The highest BCUT2D eigenvalue weighted by atomic mass is 32.1. The highest BCUT2D eigenvalue weighted by Gasteiger charge is 2.12. The summed E-state index contributed by atoms with van der Waals surface area (Å²) in [6.07, 6.45) is 6.37. The summed E-state index contributed by atoms with van der Waals surface area (Å²) in [6, 6.07) is 0. The van der Waals surface area contributed by atoms with Gasteiger partial charge in [-0.1, -0.05) is 12.8 Å². The number of aryl methyl sites for hydroxylation is 1. The Labute approximate surface area is 89.8 Å². The molecule has 14 heavy (non-hydrogen) atoms. The molecule has 1 aromatic rings. The average molecular weight is 208 g/mol. The van der Waals surface area contributed by atoms with E-state index in [2.05, 4.69) is 28.5 Å². The summed E-state index contributed by atoms with van der Waals surface area (Å²) >= 11 is 1.70. The summed E-state index contributed by atoms with van der Waals surface area (Å²) in [6.45, 7) is 6.83. The van der Waals surface area contributed by atoms with Gasteiger partial charge in [-0.05, 0) is 20.3 Å². The van der Waals surface area contributed by atoms with Gasteiger partial charge in [0.15, 0.2) is 0 Å². The summed E-state index contributed by atoms with van der Waals surface area (Å²) in [5.74, 6) is 2.70. The molecule has 0 aliphatic carbocycles. The lowest BCUT2D eigenvalue weighted by Crippen LogP contribution is -2.37. The van der Waals surface area contributed by atoms with Gasteiger partial charge in [0, 0.05) is 11.9 Å². The normalized spacial score (nSPS) is 11.3. The zero-order chi connectivity index (χ0) is 10.6. The van der Waals surface area contributed by atoms with Gasteiger partial charge in [0.1, 0.15) is 0 Å². The third kappa shape index (κ3) is 3.13. The van der Waals surface area contributed by atoms with Crippen LogP contribution in [0.3, 0.4) is 0 Å². The molecule has 1 rings (SSSR count). The highest BCUT2D eigenvalue weighted by Crippen LogP contribution is 2.11. The van der Waals surface area contributed by atoms with Gasteiger partial charge >= 0.3 is 0 Å². The Bertz CT molecular complexity index is 333. The molecule has 0 aliphatic rings. The molecule has 0 bridgehead atoms. The molecule has 0 amide bonds. The van der Waals surface area contributed by atoms with Crippen LogP contribution in [-0.2, 0) is 13.0 Å². The molecule has 1 aromatic heterocycles. The van der Waals surface area contributed by atoms with E-state index in [1.165, 1.54) is 5.01 Å². The monoisotopic (exact) mass is 208 g/mol. The smallest absolute Gasteiger partial charge is 0.0926 e. The second-order valence-corrected chi connectivity index (χ2v) is 4.65. The predicted octanol–water partition coefficient (Wildman–Crippen LogP) is 2.21. The van der Waals surface area contributed by atoms with Crippen LogP contribution < -0.4 is 5.32 Å². The number of thiazole rings is 1. The molecule has 0 fully saturated rings. The molecule has 0 saturated heterocycles. The number of terminal acetylenes is 1. The number of nitrogens with zero attached hydrogens (tertiary/aromatic N) is 1. The minimum absolute atomic E-state index is 0.254. The Hall–Kier alpha value is -0.850. The SMILES string of the molecule is C#CC(C)(C)NCc1csc(CC)n1. The molecule has 0 spiro atoms. The first-order chi connectivity index (χ1) is 6.57. The maximum Gasteiger partial charge on any atom is 0.0926 e. The summed E-state index contributed by atoms with van der Waals surface area (Å²) in [5.41, 5.74) is 0.825. The van der Waals surface area contributed by atoms with Gasteiger partial charge in [0.2, 0.25) is 0 Å². The second kappa shape index (κ2) is 4.59. The molecule has 1 heterocycles. The first kappa shape index (κ1) is 11.2. The van der Waals surface area contributed by atoms with Crippen molar-refractivity contribution in [3.8, 4) is 12.3 Å². The molecule has 0 atom stereocenters. The van der Waals surface area contributed by atoms with E-state index in [4.69, 9.17) is 6.42 Å². The zero-order valence-corrected chi connectivity index (χ0v) is 9.74. The molecule has 0 aromatic carbocycles. The van der Waals surface area contributed by atoms with Crippen LogP contribution in [0.15, 0.2) is 5.38 Å². The lowest BCUT2D eigenvalue weighted by atomic mass is 10.1. The van der Waals surface area contributed by atoms with Crippen molar-refractivity contribution >= 4 is 11.3 Å². The minimum atomic E-state index is -0.254. The first-order valence-corrected chi connectivity index (χ1v) is 5.61. The van der Waals surface area contributed by atoms with Crippen molar-refractivity contribution in [3.05, 3.63) is 16.1 Å². The third-order valence-corrected chi connectivity index (χ3v) is 3.02. The predicted molar refractivity (Wildman–Crippen MR) is 61.2 cm³/mol. The summed E-state index contributed by atoms with van der Waals surface area (Å²) in [5, 5.41) is 6.53. The van der Waals surface area contributed by atoms with Gasteiger partial charge in [-0.3, -0.25) is 5.32 Å². The Morgan fingerprint density at radius 3 is 2.86 bits per heavy atom. The van der Waals surface area contributed by atoms with Crippen LogP contribution in [0.4, 0.5) is 0 Å². The molecule has 76 valence electrons. The Balaban J connectivity index is 2.50. The first-order valence-electron chi connectivity index (χ1n) is 4.73. The van der Waals surface area contributed by atoms with Crippen LogP contribution in [0.2, 0.25) is 0 Å². The summed E-state index contributed by atoms with van der Waals surface area (Å²) < 4.78 is 0. The van der Waals surface area contributed by atoms with E-state index in [1.54, 1.807) is 11.3 Å². The van der Waals surface area contributed by atoms with Crippen molar-refractivity contribution in [2.24, 2.45) is 0 Å². The van der Waals surface area contributed by atoms with Crippen LogP contribution in [0, 0.1) is 12.3 Å². The number of hydrogen-bond acceptors (Lipinski definition) is 3. The Morgan fingerprint density at radius 1 is 1.64 bits per heavy atom. The molecule has 0 unspecified atom stereocenters. The zero-order valence-electron chi connectivity index (χ0n) is 8.92. The fraction of sp³-hybridized carbons (Fsp3) is 0.545. The van der Waals surface area contributed by atoms with Crippen molar-refractivity contribution in [3.63, 3.8) is 0 Å². The van der Waals surface area contributed by atoms with E-state index in [0.717, 1.165) is 18.7 Å². The van der Waals surface area contributed by atoms with Gasteiger partial charge in [0.25, 0.3) is 0 Å². The molecule has 3 heteroatoms. The Kier molecular flexibility index (Phi) is 3.68. The van der Waals surface area contributed by atoms with Gasteiger partial charge in [-0.25, -0.2) is 4.98 Å². The molecule has 0 radical (unpaired) electrons. The van der Waals surface area contributed by atoms with Crippen LogP contribution in [-0.4, -0.2) is 10.5 Å². The van der Waals surface area contributed by atoms with Crippen LogP contribution in [0.25, 0.3) is 0 Å². The van der Waals surface area contributed by atoms with Gasteiger partial charge in [-0.15, -0.1) is 17.8 Å². The lowest BCUT2D eigenvalue weighted by Gasteiger charge is -2.18. The minimum Gasteiger partial charge on any atom is -0.296 e. The third-order valence-electron chi connectivity index (χ3n) is 1.97.